The van der Waals surface area contributed by atoms with Crippen LogP contribution in [0.2, 0.25) is 0 Å². The van der Waals surface area contributed by atoms with Gasteiger partial charge in [-0.1, -0.05) is 49.4 Å². The average Bonchev–Trinajstić information content (AvgIpc) is 2.88. The molecule has 2 unspecified atom stereocenters. The van der Waals surface area contributed by atoms with E-state index in [2.05, 4.69) is 42.5 Å². The van der Waals surface area contributed by atoms with Gasteiger partial charge in [0, 0.05) is 12.3 Å². The minimum absolute atomic E-state index is 0.00471. The van der Waals surface area contributed by atoms with Crippen LogP contribution in [-0.4, -0.2) is 17.0 Å². The van der Waals surface area contributed by atoms with Crippen LogP contribution < -0.4 is 0 Å². The molecule has 23 heavy (non-hydrogen) atoms. The third kappa shape index (κ3) is 2.49. The molecule has 0 heterocycles. The van der Waals surface area contributed by atoms with E-state index in [1.54, 1.807) is 0 Å². The molecule has 2 aromatic carbocycles. The molecule has 0 spiro atoms. The lowest BCUT2D eigenvalue weighted by molar-refractivity contribution is -0.127. The summed E-state index contributed by atoms with van der Waals surface area (Å²) in [6.45, 7) is 1.95. The van der Waals surface area contributed by atoms with Crippen molar-refractivity contribution in [2.75, 3.05) is 0 Å². The fraction of sp³-hybridized carbons (Fsp3) is 0.476. The first-order chi connectivity index (χ1) is 11.2. The molecule has 2 heteroatoms. The second-order valence-electron chi connectivity index (χ2n) is 7.36. The maximum Gasteiger partial charge on any atom is 0.136 e. The molecule has 2 nitrogen and oxygen atoms in total. The normalized spacial score (nSPS) is 33.0. The van der Waals surface area contributed by atoms with Crippen LogP contribution in [0.3, 0.4) is 0 Å². The van der Waals surface area contributed by atoms with Crippen LogP contribution in [0.5, 0.6) is 0 Å². The van der Waals surface area contributed by atoms with Crippen LogP contribution in [0, 0.1) is 17.8 Å². The van der Waals surface area contributed by atoms with Crippen LogP contribution in [0.1, 0.15) is 44.1 Å². The monoisotopic (exact) mass is 308 g/mol. The van der Waals surface area contributed by atoms with E-state index < -0.39 is 0 Å². The predicted molar refractivity (Wildman–Crippen MR) is 92.3 cm³/mol. The first-order valence-electron chi connectivity index (χ1n) is 8.87. The summed E-state index contributed by atoms with van der Waals surface area (Å²) in [4.78, 5) is 12.6. The number of hydrogen-bond donors (Lipinski definition) is 1. The van der Waals surface area contributed by atoms with Crippen LogP contribution in [0.15, 0.2) is 42.5 Å². The topological polar surface area (TPSA) is 37.3 Å². The third-order valence-corrected chi connectivity index (χ3v) is 6.08. The Morgan fingerprint density at radius 1 is 1.09 bits per heavy atom. The Morgan fingerprint density at radius 2 is 1.87 bits per heavy atom. The van der Waals surface area contributed by atoms with Gasteiger partial charge < -0.3 is 5.11 Å². The van der Waals surface area contributed by atoms with Crippen molar-refractivity contribution in [3.8, 4) is 0 Å². The summed E-state index contributed by atoms with van der Waals surface area (Å²) in [5, 5.41) is 12.9. The highest BCUT2D eigenvalue weighted by molar-refractivity contribution is 5.85. The molecule has 2 aliphatic rings. The SMILES string of the molecule is CCC(=O)[C@H]1[C@@H](c2ccc3ccccc3c2)CC2CC(O)[C@@H]1C2. The van der Waals surface area contributed by atoms with Gasteiger partial charge in [0.05, 0.1) is 6.10 Å². The van der Waals surface area contributed by atoms with Gasteiger partial charge in [0.25, 0.3) is 0 Å². The number of benzene rings is 2. The van der Waals surface area contributed by atoms with E-state index in [9.17, 15) is 9.90 Å². The van der Waals surface area contributed by atoms with E-state index in [1.165, 1.54) is 16.3 Å². The van der Waals surface area contributed by atoms with Crippen molar-refractivity contribution >= 4 is 16.6 Å². The van der Waals surface area contributed by atoms with Crippen molar-refractivity contribution in [3.63, 3.8) is 0 Å². The first kappa shape index (κ1) is 14.9. The first-order valence-corrected chi connectivity index (χ1v) is 8.87. The highest BCUT2D eigenvalue weighted by Crippen LogP contribution is 2.52. The number of rotatable bonds is 3. The summed E-state index contributed by atoms with van der Waals surface area (Å²) in [5.74, 6) is 1.33. The fourth-order valence-electron chi connectivity index (χ4n) is 5.02. The van der Waals surface area contributed by atoms with E-state index >= 15 is 0 Å². The van der Waals surface area contributed by atoms with Gasteiger partial charge in [0.15, 0.2) is 0 Å². The van der Waals surface area contributed by atoms with Gasteiger partial charge in [0.2, 0.25) is 0 Å². The Balaban J connectivity index is 1.76. The van der Waals surface area contributed by atoms with Crippen molar-refractivity contribution in [1.82, 2.24) is 0 Å². The molecule has 0 amide bonds. The maximum absolute atomic E-state index is 12.6. The van der Waals surface area contributed by atoms with Crippen LogP contribution in [-0.2, 0) is 4.79 Å². The number of carbonyl (C=O) groups is 1. The molecule has 0 aliphatic heterocycles. The Labute approximate surface area is 137 Å². The van der Waals surface area contributed by atoms with Gasteiger partial charge in [-0.05, 0) is 53.4 Å². The van der Waals surface area contributed by atoms with Crippen molar-refractivity contribution in [2.45, 2.75) is 44.6 Å². The predicted octanol–water partition coefficient (Wildman–Crippen LogP) is 4.31. The quantitative estimate of drug-likeness (QED) is 0.917. The largest absolute Gasteiger partial charge is 0.393 e. The van der Waals surface area contributed by atoms with Gasteiger partial charge in [-0.15, -0.1) is 0 Å². The highest BCUT2D eigenvalue weighted by atomic mass is 16.3. The zero-order chi connectivity index (χ0) is 16.0. The van der Waals surface area contributed by atoms with Crippen LogP contribution in [0.25, 0.3) is 10.8 Å². The van der Waals surface area contributed by atoms with E-state index in [4.69, 9.17) is 0 Å². The molecule has 1 N–H and O–H groups in total. The lowest BCUT2D eigenvalue weighted by atomic mass is 9.67. The summed E-state index contributed by atoms with van der Waals surface area (Å²) >= 11 is 0. The van der Waals surface area contributed by atoms with Gasteiger partial charge in [-0.2, -0.15) is 0 Å². The van der Waals surface area contributed by atoms with Crippen molar-refractivity contribution in [2.24, 2.45) is 17.8 Å². The van der Waals surface area contributed by atoms with Crippen molar-refractivity contribution < 1.29 is 9.90 Å². The molecule has 0 radical (unpaired) electrons. The van der Waals surface area contributed by atoms with Gasteiger partial charge >= 0.3 is 0 Å². The second-order valence-corrected chi connectivity index (χ2v) is 7.36. The number of aliphatic hydroxyl groups excluding tert-OH is 1. The Morgan fingerprint density at radius 3 is 2.65 bits per heavy atom. The van der Waals surface area contributed by atoms with Crippen molar-refractivity contribution in [3.05, 3.63) is 48.0 Å². The number of aliphatic hydroxyl groups is 1. The molecule has 2 aromatic rings. The minimum Gasteiger partial charge on any atom is -0.393 e. The smallest absolute Gasteiger partial charge is 0.136 e. The fourth-order valence-corrected chi connectivity index (χ4v) is 5.02. The molecular weight excluding hydrogens is 284 g/mol. The summed E-state index contributed by atoms with van der Waals surface area (Å²) in [7, 11) is 0. The number of Topliss-reactive ketones (excluding diaryl/α,β-unsaturated/α-hetero) is 1. The van der Waals surface area contributed by atoms with Gasteiger partial charge in [0.1, 0.15) is 5.78 Å². The van der Waals surface area contributed by atoms with Crippen LogP contribution >= 0.6 is 0 Å². The molecule has 0 saturated heterocycles. The molecule has 2 fully saturated rings. The molecule has 2 saturated carbocycles. The van der Waals surface area contributed by atoms with E-state index in [-0.39, 0.29) is 23.9 Å². The zero-order valence-electron chi connectivity index (χ0n) is 13.6. The maximum atomic E-state index is 12.6. The van der Waals surface area contributed by atoms with E-state index in [0.29, 0.717) is 18.1 Å². The molecule has 5 atom stereocenters. The lowest BCUT2D eigenvalue weighted by Crippen LogP contribution is -2.35. The van der Waals surface area contributed by atoms with Gasteiger partial charge in [-0.3, -0.25) is 4.79 Å². The molecule has 2 bridgehead atoms. The second kappa shape index (κ2) is 5.76. The highest BCUT2D eigenvalue weighted by Gasteiger charge is 2.49. The number of ketones is 1. The standard InChI is InChI=1S/C21H24O2/c1-2-19(22)21-17(9-13-10-18(21)20(23)11-13)16-8-7-14-5-3-4-6-15(14)12-16/h3-8,12-13,17-18,20-21,23H,2,9-11H2,1H3/t13?,17-,18+,20?,21+/m1/s1. The number of carbonyl (C=O) groups excluding carboxylic acids is 1. The molecule has 0 aromatic heterocycles. The average molecular weight is 308 g/mol. The Kier molecular flexibility index (Phi) is 3.73. The lowest BCUT2D eigenvalue weighted by Gasteiger charge is -2.36. The summed E-state index contributed by atoms with van der Waals surface area (Å²) in [5.41, 5.74) is 1.28. The number of fused-ring (bicyclic) bond motifs is 3. The van der Waals surface area contributed by atoms with Crippen LogP contribution in [0.4, 0.5) is 0 Å². The molecule has 4 rings (SSSR count). The third-order valence-electron chi connectivity index (χ3n) is 6.08. The zero-order valence-corrected chi connectivity index (χ0v) is 13.6. The van der Waals surface area contributed by atoms with Gasteiger partial charge in [-0.25, -0.2) is 0 Å². The Bertz CT molecular complexity index is 735. The summed E-state index contributed by atoms with van der Waals surface area (Å²) in [6.07, 6.45) is 3.24. The van der Waals surface area contributed by atoms with Crippen molar-refractivity contribution in [1.29, 1.82) is 0 Å². The summed E-state index contributed by atoms with van der Waals surface area (Å²) < 4.78 is 0. The molecule has 2 aliphatic carbocycles. The molecule has 120 valence electrons. The Hall–Kier alpha value is -1.67. The summed E-state index contributed by atoms with van der Waals surface area (Å²) in [6, 6.07) is 15.0. The number of hydrogen-bond acceptors (Lipinski definition) is 2. The van der Waals surface area contributed by atoms with E-state index in [1.807, 2.05) is 6.92 Å². The van der Waals surface area contributed by atoms with E-state index in [0.717, 1.165) is 19.3 Å². The minimum atomic E-state index is -0.286. The molecular formula is C21H24O2.